The van der Waals surface area contributed by atoms with Crippen LogP contribution in [-0.2, 0) is 0 Å². The van der Waals surface area contributed by atoms with Crippen molar-refractivity contribution in [2.45, 2.75) is 24.9 Å². The first-order chi connectivity index (χ1) is 5.95. The molecule has 1 nitrogen and oxygen atoms in total. The molecule has 2 fully saturated rings. The van der Waals surface area contributed by atoms with E-state index in [1.54, 1.807) is 0 Å². The van der Waals surface area contributed by atoms with Crippen molar-refractivity contribution in [3.8, 4) is 0 Å². The van der Waals surface area contributed by atoms with E-state index in [1.165, 1.54) is 24.9 Å². The molecule has 0 amide bonds. The molecule has 2 saturated heterocycles. The number of benzene rings is 1. The molecular formula is C11H13N. The van der Waals surface area contributed by atoms with Crippen LogP contribution in [0.5, 0.6) is 0 Å². The van der Waals surface area contributed by atoms with Crippen LogP contribution in [0.2, 0.25) is 0 Å². The number of hydrogen-bond acceptors (Lipinski definition) is 1. The molecule has 0 bridgehead atoms. The number of hydrogen-bond donors (Lipinski definition) is 0. The van der Waals surface area contributed by atoms with Gasteiger partial charge in [-0.3, -0.25) is 4.90 Å². The molecule has 3 atom stereocenters. The molecule has 12 heavy (non-hydrogen) atoms. The topological polar surface area (TPSA) is 3.01 Å². The van der Waals surface area contributed by atoms with Crippen molar-refractivity contribution in [3.63, 3.8) is 0 Å². The van der Waals surface area contributed by atoms with E-state index in [1.807, 2.05) is 0 Å². The fourth-order valence-corrected chi connectivity index (χ4v) is 2.38. The average Bonchev–Trinajstić information content (AvgIpc) is 2.80. The van der Waals surface area contributed by atoms with Crippen LogP contribution in [0.25, 0.3) is 0 Å². The van der Waals surface area contributed by atoms with E-state index in [4.69, 9.17) is 0 Å². The van der Waals surface area contributed by atoms with Gasteiger partial charge in [0.15, 0.2) is 0 Å². The van der Waals surface area contributed by atoms with Crippen molar-refractivity contribution in [2.24, 2.45) is 0 Å². The maximum absolute atomic E-state index is 2.61. The van der Waals surface area contributed by atoms with Crippen LogP contribution in [0, 0.1) is 0 Å². The van der Waals surface area contributed by atoms with E-state index in [9.17, 15) is 0 Å². The molecule has 0 saturated carbocycles. The first kappa shape index (κ1) is 6.67. The van der Waals surface area contributed by atoms with Crippen LogP contribution in [0.15, 0.2) is 30.3 Å². The summed E-state index contributed by atoms with van der Waals surface area (Å²) in [5.41, 5.74) is 1.51. The SMILES string of the molecule is c1ccc(C2CCC3CN32)cc1. The lowest BCUT2D eigenvalue weighted by Gasteiger charge is -2.12. The summed E-state index contributed by atoms with van der Waals surface area (Å²) >= 11 is 0. The summed E-state index contributed by atoms with van der Waals surface area (Å²) in [6, 6.07) is 12.6. The largest absolute Gasteiger partial charge is 0.291 e. The summed E-state index contributed by atoms with van der Waals surface area (Å²) in [6.07, 6.45) is 2.79. The minimum atomic E-state index is 0.746. The zero-order chi connectivity index (χ0) is 7.97. The summed E-state index contributed by atoms with van der Waals surface area (Å²) in [6.45, 7) is 1.35. The normalized spacial score (nSPS) is 37.8. The highest BCUT2D eigenvalue weighted by atomic mass is 15.3. The molecule has 0 N–H and O–H groups in total. The van der Waals surface area contributed by atoms with Gasteiger partial charge in [0.25, 0.3) is 0 Å². The van der Waals surface area contributed by atoms with E-state index in [0.29, 0.717) is 0 Å². The minimum Gasteiger partial charge on any atom is -0.291 e. The van der Waals surface area contributed by atoms with Crippen molar-refractivity contribution in [1.29, 1.82) is 0 Å². The third-order valence-electron chi connectivity index (χ3n) is 3.12. The van der Waals surface area contributed by atoms with Crippen LogP contribution in [0.3, 0.4) is 0 Å². The Hall–Kier alpha value is -0.820. The lowest BCUT2D eigenvalue weighted by molar-refractivity contribution is 0.440. The Kier molecular flexibility index (Phi) is 1.30. The molecule has 1 heteroatoms. The van der Waals surface area contributed by atoms with E-state index in [-0.39, 0.29) is 0 Å². The quantitative estimate of drug-likeness (QED) is 0.568. The van der Waals surface area contributed by atoms with E-state index in [0.717, 1.165) is 12.1 Å². The van der Waals surface area contributed by atoms with Crippen molar-refractivity contribution >= 4 is 0 Å². The summed E-state index contributed by atoms with van der Waals surface area (Å²) in [5, 5.41) is 0. The lowest BCUT2D eigenvalue weighted by atomic mass is 10.0. The standard InChI is InChI=1S/C11H13N/c1-2-4-9(5-3-1)11-7-6-10-8-12(10)11/h1-5,10-11H,6-8H2. The first-order valence-electron chi connectivity index (χ1n) is 4.76. The van der Waals surface area contributed by atoms with Crippen molar-refractivity contribution in [1.82, 2.24) is 4.90 Å². The third kappa shape index (κ3) is 0.896. The Balaban J connectivity index is 1.89. The van der Waals surface area contributed by atoms with Gasteiger partial charge >= 0.3 is 0 Å². The minimum absolute atomic E-state index is 0.746. The van der Waals surface area contributed by atoms with Gasteiger partial charge in [0.05, 0.1) is 0 Å². The average molecular weight is 159 g/mol. The molecule has 1 aromatic carbocycles. The fourth-order valence-electron chi connectivity index (χ4n) is 2.38. The number of nitrogens with zero attached hydrogens (tertiary/aromatic N) is 1. The zero-order valence-corrected chi connectivity index (χ0v) is 7.11. The van der Waals surface area contributed by atoms with Crippen LogP contribution in [-0.4, -0.2) is 17.5 Å². The van der Waals surface area contributed by atoms with Crippen molar-refractivity contribution in [3.05, 3.63) is 35.9 Å². The number of rotatable bonds is 1. The summed E-state index contributed by atoms with van der Waals surface area (Å²) in [4.78, 5) is 2.61. The Labute approximate surface area is 73.0 Å². The summed E-state index contributed by atoms with van der Waals surface area (Å²) in [7, 11) is 0. The molecular weight excluding hydrogens is 146 g/mol. The highest BCUT2D eigenvalue weighted by molar-refractivity contribution is 5.23. The van der Waals surface area contributed by atoms with E-state index in [2.05, 4.69) is 35.2 Å². The number of fused-ring (bicyclic) bond motifs is 1. The van der Waals surface area contributed by atoms with Gasteiger partial charge in [-0.25, -0.2) is 0 Å². The van der Waals surface area contributed by atoms with Gasteiger partial charge in [0.1, 0.15) is 0 Å². The van der Waals surface area contributed by atoms with Crippen LogP contribution in [0.4, 0.5) is 0 Å². The Morgan fingerprint density at radius 1 is 1.08 bits per heavy atom. The molecule has 3 rings (SSSR count). The lowest BCUT2D eigenvalue weighted by Crippen LogP contribution is -2.04. The van der Waals surface area contributed by atoms with Crippen LogP contribution >= 0.6 is 0 Å². The predicted molar refractivity (Wildman–Crippen MR) is 48.9 cm³/mol. The Morgan fingerprint density at radius 3 is 2.50 bits per heavy atom. The van der Waals surface area contributed by atoms with Gasteiger partial charge in [0, 0.05) is 18.6 Å². The van der Waals surface area contributed by atoms with Gasteiger partial charge in [-0.05, 0) is 18.4 Å². The molecule has 0 spiro atoms. The summed E-state index contributed by atoms with van der Waals surface area (Å²) in [5.74, 6) is 0. The fraction of sp³-hybridized carbons (Fsp3) is 0.455. The van der Waals surface area contributed by atoms with Gasteiger partial charge in [0.2, 0.25) is 0 Å². The second-order valence-electron chi connectivity index (χ2n) is 3.85. The molecule has 1 aromatic rings. The highest BCUT2D eigenvalue weighted by Gasteiger charge is 2.45. The second-order valence-corrected chi connectivity index (χ2v) is 3.85. The zero-order valence-electron chi connectivity index (χ0n) is 7.11. The molecule has 0 aliphatic carbocycles. The molecule has 3 unspecified atom stereocenters. The smallest absolute Gasteiger partial charge is 0.0352 e. The Morgan fingerprint density at radius 2 is 1.92 bits per heavy atom. The van der Waals surface area contributed by atoms with Gasteiger partial charge in [-0.15, -0.1) is 0 Å². The van der Waals surface area contributed by atoms with Gasteiger partial charge < -0.3 is 0 Å². The third-order valence-corrected chi connectivity index (χ3v) is 3.12. The van der Waals surface area contributed by atoms with E-state index < -0.39 is 0 Å². The van der Waals surface area contributed by atoms with Gasteiger partial charge in [-0.1, -0.05) is 30.3 Å². The van der Waals surface area contributed by atoms with Crippen molar-refractivity contribution < 1.29 is 0 Å². The number of piperidine rings is 1. The first-order valence-corrected chi connectivity index (χ1v) is 4.76. The monoisotopic (exact) mass is 159 g/mol. The maximum atomic E-state index is 2.61. The molecule has 0 radical (unpaired) electrons. The predicted octanol–water partition coefficient (Wildman–Crippen LogP) is 2.21. The molecule has 2 aliphatic heterocycles. The maximum Gasteiger partial charge on any atom is 0.0352 e. The van der Waals surface area contributed by atoms with Crippen LogP contribution in [0.1, 0.15) is 24.4 Å². The second kappa shape index (κ2) is 2.33. The summed E-state index contributed by atoms with van der Waals surface area (Å²) < 4.78 is 0. The van der Waals surface area contributed by atoms with E-state index >= 15 is 0 Å². The molecule has 62 valence electrons. The molecule has 0 aromatic heterocycles. The molecule has 2 aliphatic rings. The molecule has 2 heterocycles. The Bertz CT molecular complexity index is 280. The highest BCUT2D eigenvalue weighted by Crippen LogP contribution is 2.44. The van der Waals surface area contributed by atoms with Crippen molar-refractivity contribution in [2.75, 3.05) is 6.54 Å². The van der Waals surface area contributed by atoms with Crippen LogP contribution < -0.4 is 0 Å². The van der Waals surface area contributed by atoms with Gasteiger partial charge in [-0.2, -0.15) is 0 Å².